The molecule has 8 nitrogen and oxygen atoms in total. The SMILES string of the molecule is CC(C)(C)N.CCC[C@@H](N[C@H](C)C(=O)N1[C@@H](C(=O)O)C[C@H]2CCCC[C@@H]21)C(=O)OCC. The summed E-state index contributed by atoms with van der Waals surface area (Å²) >= 11 is 0. The molecule has 8 heteroatoms. The normalized spacial score (nSPS) is 25.0. The molecule has 1 aliphatic carbocycles. The van der Waals surface area contributed by atoms with E-state index in [2.05, 4.69) is 5.32 Å². The van der Waals surface area contributed by atoms with Crippen molar-refractivity contribution in [2.45, 2.75) is 116 Å². The molecule has 0 aromatic carbocycles. The highest BCUT2D eigenvalue weighted by Crippen LogP contribution is 2.40. The largest absolute Gasteiger partial charge is 0.480 e. The zero-order chi connectivity index (χ0) is 23.8. The van der Waals surface area contributed by atoms with E-state index in [1.807, 2.05) is 27.7 Å². The minimum Gasteiger partial charge on any atom is -0.480 e. The lowest BCUT2D eigenvalue weighted by Gasteiger charge is -2.35. The van der Waals surface area contributed by atoms with Crippen LogP contribution in [-0.4, -0.2) is 64.2 Å². The Morgan fingerprint density at radius 2 is 1.77 bits per heavy atom. The number of amides is 1. The summed E-state index contributed by atoms with van der Waals surface area (Å²) in [4.78, 5) is 38.5. The van der Waals surface area contributed by atoms with Crippen LogP contribution in [0.2, 0.25) is 0 Å². The lowest BCUT2D eigenvalue weighted by molar-refractivity contribution is -0.152. The van der Waals surface area contributed by atoms with Crippen molar-refractivity contribution < 1.29 is 24.2 Å². The number of nitrogens with two attached hydrogens (primary N) is 1. The summed E-state index contributed by atoms with van der Waals surface area (Å²) in [5.74, 6) is -1.24. The fourth-order valence-electron chi connectivity index (χ4n) is 4.39. The topological polar surface area (TPSA) is 122 Å². The minimum absolute atomic E-state index is 0. The molecule has 0 unspecified atom stereocenters. The molecule has 31 heavy (non-hydrogen) atoms. The van der Waals surface area contributed by atoms with Crippen molar-refractivity contribution in [3.05, 3.63) is 0 Å². The van der Waals surface area contributed by atoms with Crippen LogP contribution < -0.4 is 11.1 Å². The van der Waals surface area contributed by atoms with Gasteiger partial charge in [-0.2, -0.15) is 0 Å². The molecule has 5 atom stereocenters. The summed E-state index contributed by atoms with van der Waals surface area (Å²) in [6, 6.07) is -1.92. The van der Waals surface area contributed by atoms with Crippen LogP contribution in [0.3, 0.4) is 0 Å². The minimum atomic E-state index is -0.935. The van der Waals surface area contributed by atoms with Gasteiger partial charge in [-0.05, 0) is 66.2 Å². The molecule has 180 valence electrons. The maximum absolute atomic E-state index is 13.1. The predicted octanol–water partition coefficient (Wildman–Crippen LogP) is 2.68. The lowest BCUT2D eigenvalue weighted by Crippen LogP contribution is -2.55. The van der Waals surface area contributed by atoms with Gasteiger partial charge in [-0.15, -0.1) is 0 Å². The van der Waals surface area contributed by atoms with E-state index in [0.29, 0.717) is 19.4 Å². The van der Waals surface area contributed by atoms with E-state index in [1.165, 1.54) is 0 Å². The molecule has 0 aromatic heterocycles. The molecule has 1 saturated carbocycles. The molecular formula is C23H43N3O5. The average molecular weight is 442 g/mol. The summed E-state index contributed by atoms with van der Waals surface area (Å²) in [7, 11) is 0. The molecule has 0 radical (unpaired) electrons. The van der Waals surface area contributed by atoms with Crippen molar-refractivity contribution in [1.82, 2.24) is 10.2 Å². The highest BCUT2D eigenvalue weighted by molar-refractivity contribution is 5.88. The number of aliphatic carboxylic acids is 1. The van der Waals surface area contributed by atoms with E-state index in [9.17, 15) is 19.5 Å². The molecule has 1 heterocycles. The Balaban J connectivity index is 0.000000861. The number of carboxylic acid groups (broad SMARTS) is 1. The van der Waals surface area contributed by atoms with Crippen molar-refractivity contribution in [2.75, 3.05) is 6.61 Å². The van der Waals surface area contributed by atoms with Crippen molar-refractivity contribution in [3.8, 4) is 0 Å². The van der Waals surface area contributed by atoms with Crippen molar-refractivity contribution in [3.63, 3.8) is 0 Å². The number of likely N-dealkylation sites (tertiary alicyclic amines) is 1. The number of carbonyl (C=O) groups excluding carboxylic acids is 2. The zero-order valence-electron chi connectivity index (χ0n) is 20.1. The molecule has 0 aromatic rings. The number of ether oxygens (including phenoxy) is 1. The second-order valence-electron chi connectivity index (χ2n) is 9.79. The number of rotatable bonds is 8. The van der Waals surface area contributed by atoms with Crippen LogP contribution in [-0.2, 0) is 19.1 Å². The third kappa shape index (κ3) is 8.77. The molecule has 0 bridgehead atoms. The van der Waals surface area contributed by atoms with Gasteiger partial charge in [0.05, 0.1) is 12.6 Å². The smallest absolute Gasteiger partial charge is 0.326 e. The molecule has 1 saturated heterocycles. The number of nitrogens with one attached hydrogen (secondary N) is 1. The summed E-state index contributed by atoms with van der Waals surface area (Å²) in [6.45, 7) is 11.6. The molecule has 2 fully saturated rings. The van der Waals surface area contributed by atoms with E-state index in [0.717, 1.165) is 32.1 Å². The fraction of sp³-hybridized carbons (Fsp3) is 0.870. The van der Waals surface area contributed by atoms with Gasteiger partial charge in [-0.3, -0.25) is 14.9 Å². The van der Waals surface area contributed by atoms with Crippen LogP contribution in [0.4, 0.5) is 0 Å². The Bertz CT molecular complexity index is 599. The third-order valence-corrected chi connectivity index (χ3v) is 5.60. The Morgan fingerprint density at radius 1 is 1.19 bits per heavy atom. The molecule has 4 N–H and O–H groups in total. The maximum Gasteiger partial charge on any atom is 0.326 e. The van der Waals surface area contributed by atoms with Gasteiger partial charge in [0.15, 0.2) is 0 Å². The molecule has 1 aliphatic heterocycles. The van der Waals surface area contributed by atoms with Crippen LogP contribution in [0.25, 0.3) is 0 Å². The van der Waals surface area contributed by atoms with E-state index in [-0.39, 0.29) is 29.4 Å². The second-order valence-corrected chi connectivity index (χ2v) is 9.79. The van der Waals surface area contributed by atoms with Gasteiger partial charge in [0.25, 0.3) is 0 Å². The first-order valence-electron chi connectivity index (χ1n) is 11.7. The Kier molecular flexibility index (Phi) is 10.9. The molecule has 2 aliphatic rings. The highest BCUT2D eigenvalue weighted by atomic mass is 16.5. The fourth-order valence-corrected chi connectivity index (χ4v) is 4.39. The monoisotopic (exact) mass is 441 g/mol. The van der Waals surface area contributed by atoms with Gasteiger partial charge >= 0.3 is 11.9 Å². The van der Waals surface area contributed by atoms with Gasteiger partial charge < -0.3 is 20.5 Å². The van der Waals surface area contributed by atoms with E-state index < -0.39 is 24.1 Å². The van der Waals surface area contributed by atoms with Crippen LogP contribution in [0.1, 0.15) is 86.5 Å². The summed E-state index contributed by atoms with van der Waals surface area (Å²) in [5.41, 5.74) is 5.35. The van der Waals surface area contributed by atoms with E-state index in [1.54, 1.807) is 18.7 Å². The first-order chi connectivity index (χ1) is 14.4. The molecule has 1 amide bonds. The van der Waals surface area contributed by atoms with Crippen LogP contribution in [0, 0.1) is 5.92 Å². The van der Waals surface area contributed by atoms with Crippen molar-refractivity contribution in [1.29, 1.82) is 0 Å². The number of hydrogen-bond donors (Lipinski definition) is 3. The van der Waals surface area contributed by atoms with Gasteiger partial charge in [-0.1, -0.05) is 26.2 Å². The van der Waals surface area contributed by atoms with Crippen LogP contribution in [0.15, 0.2) is 0 Å². The summed E-state index contributed by atoms with van der Waals surface area (Å²) < 4.78 is 5.09. The van der Waals surface area contributed by atoms with Crippen molar-refractivity contribution in [2.24, 2.45) is 11.7 Å². The Labute approximate surface area is 187 Å². The first-order valence-corrected chi connectivity index (χ1v) is 11.7. The number of hydrogen-bond acceptors (Lipinski definition) is 6. The lowest BCUT2D eigenvalue weighted by atomic mass is 9.84. The number of carboxylic acids is 1. The standard InChI is InChI=1S/C19H32N2O5.C4H11N/c1-4-8-14(19(25)26-5-2)20-12(3)17(22)21-15-10-7-6-9-13(15)11-16(21)18(23)24;1-4(2,3)5/h12-16,20H,4-11H2,1-3H3,(H,23,24);5H2,1-3H3/t12-,13-,14-,15+,16-;/m1./s1. The predicted molar refractivity (Wildman–Crippen MR) is 120 cm³/mol. The van der Waals surface area contributed by atoms with Gasteiger partial charge in [-0.25, -0.2) is 4.79 Å². The van der Waals surface area contributed by atoms with E-state index in [4.69, 9.17) is 10.5 Å². The Hall–Kier alpha value is -1.67. The van der Waals surface area contributed by atoms with E-state index >= 15 is 0 Å². The average Bonchev–Trinajstić information content (AvgIpc) is 3.05. The van der Waals surface area contributed by atoms with Gasteiger partial charge in [0.1, 0.15) is 12.1 Å². The van der Waals surface area contributed by atoms with Gasteiger partial charge in [0.2, 0.25) is 5.91 Å². The quantitative estimate of drug-likeness (QED) is 0.495. The summed E-state index contributed by atoms with van der Waals surface area (Å²) in [6.07, 6.45) is 5.87. The molecule has 0 spiro atoms. The Morgan fingerprint density at radius 3 is 2.29 bits per heavy atom. The number of fused-ring (bicyclic) bond motifs is 1. The third-order valence-electron chi connectivity index (χ3n) is 5.60. The first kappa shape index (κ1) is 27.4. The zero-order valence-corrected chi connectivity index (χ0v) is 20.1. The van der Waals surface area contributed by atoms with Crippen LogP contribution in [0.5, 0.6) is 0 Å². The number of carbonyl (C=O) groups is 3. The van der Waals surface area contributed by atoms with Crippen LogP contribution >= 0.6 is 0 Å². The second kappa shape index (κ2) is 12.4. The number of esters is 1. The summed E-state index contributed by atoms with van der Waals surface area (Å²) in [5, 5.41) is 12.7. The molecule has 2 rings (SSSR count). The highest BCUT2D eigenvalue weighted by Gasteiger charge is 2.48. The maximum atomic E-state index is 13.1. The molecular weight excluding hydrogens is 398 g/mol. The van der Waals surface area contributed by atoms with Gasteiger partial charge in [0, 0.05) is 11.6 Å². The number of nitrogens with zero attached hydrogens (tertiary/aromatic N) is 1. The van der Waals surface area contributed by atoms with Crippen molar-refractivity contribution >= 4 is 17.8 Å².